The molecule has 0 radical (unpaired) electrons. The molecule has 1 aromatic carbocycles. The van der Waals surface area contributed by atoms with Gasteiger partial charge < -0.3 is 10.1 Å². The molecule has 1 rings (SSSR count). The third-order valence-corrected chi connectivity index (χ3v) is 3.90. The third-order valence-electron chi connectivity index (χ3n) is 2.38. The van der Waals surface area contributed by atoms with E-state index in [0.29, 0.717) is 5.75 Å². The molecule has 1 N–H and O–H groups in total. The lowest BCUT2D eigenvalue weighted by molar-refractivity contribution is -0.115. The molecule has 0 aromatic heterocycles. The molecule has 1 amide bonds. The normalized spacial score (nSPS) is 12.1. The van der Waals surface area contributed by atoms with E-state index in [9.17, 15) is 4.79 Å². The minimum atomic E-state index is -0.185. The van der Waals surface area contributed by atoms with Gasteiger partial charge in [-0.15, -0.1) is 0 Å². The van der Waals surface area contributed by atoms with Gasteiger partial charge in [-0.3, -0.25) is 4.79 Å². The van der Waals surface area contributed by atoms with Gasteiger partial charge in [0.25, 0.3) is 0 Å². The van der Waals surface area contributed by atoms with Crippen LogP contribution in [0.2, 0.25) is 0 Å². The van der Waals surface area contributed by atoms with Crippen molar-refractivity contribution in [3.63, 3.8) is 0 Å². The number of ether oxygens (including phenoxy) is 1. The van der Waals surface area contributed by atoms with E-state index in [1.807, 2.05) is 26.0 Å². The maximum atomic E-state index is 11.8. The summed E-state index contributed by atoms with van der Waals surface area (Å²) in [4.78, 5) is 11.6. The number of benzene rings is 1. The average Bonchev–Trinajstić information content (AvgIpc) is 2.30. The van der Waals surface area contributed by atoms with E-state index in [1.54, 1.807) is 7.11 Å². The summed E-state index contributed by atoms with van der Waals surface area (Å²) in [5, 5.41) is 2.88. The molecule has 94 valence electrons. The number of carbonyl (C=O) groups excluding carboxylic acids is 1. The number of carbonyl (C=O) groups is 1. The summed E-state index contributed by atoms with van der Waals surface area (Å²) in [6.45, 7) is 3.88. The first-order valence-corrected chi connectivity index (χ1v) is 6.99. The predicted octanol–water partition coefficient (Wildman–Crippen LogP) is 3.88. The number of halogens is 2. The van der Waals surface area contributed by atoms with Crippen molar-refractivity contribution in [2.75, 3.05) is 12.4 Å². The van der Waals surface area contributed by atoms with Crippen molar-refractivity contribution in [2.45, 2.75) is 25.1 Å². The molecule has 0 aliphatic heterocycles. The van der Waals surface area contributed by atoms with Gasteiger partial charge in [-0.1, -0.05) is 38.8 Å². The number of hydrogen-bond donors (Lipinski definition) is 1. The van der Waals surface area contributed by atoms with E-state index in [0.717, 1.165) is 22.1 Å². The van der Waals surface area contributed by atoms with E-state index in [-0.39, 0.29) is 10.7 Å². The number of nitrogens with one attached hydrogen (secondary N) is 1. The summed E-state index contributed by atoms with van der Waals surface area (Å²) in [5.74, 6) is 0.595. The van der Waals surface area contributed by atoms with Crippen molar-refractivity contribution in [2.24, 2.45) is 0 Å². The second-order valence-electron chi connectivity index (χ2n) is 3.66. The van der Waals surface area contributed by atoms with E-state index in [1.165, 1.54) is 0 Å². The second kappa shape index (κ2) is 6.40. The van der Waals surface area contributed by atoms with Crippen molar-refractivity contribution in [1.82, 2.24) is 0 Å². The first-order valence-electron chi connectivity index (χ1n) is 5.28. The molecule has 1 unspecified atom stereocenters. The van der Waals surface area contributed by atoms with Gasteiger partial charge in [-0.05, 0) is 31.0 Å². The van der Waals surface area contributed by atoms with E-state index >= 15 is 0 Å². The fourth-order valence-corrected chi connectivity index (χ4v) is 2.09. The predicted molar refractivity (Wildman–Crippen MR) is 77.1 cm³/mol. The first kappa shape index (κ1) is 14.5. The minimum absolute atomic E-state index is 0.0591. The van der Waals surface area contributed by atoms with E-state index in [4.69, 9.17) is 4.74 Å². The number of aryl methyl sites for hydroxylation is 1. The van der Waals surface area contributed by atoms with E-state index < -0.39 is 0 Å². The van der Waals surface area contributed by atoms with Crippen LogP contribution < -0.4 is 10.1 Å². The zero-order chi connectivity index (χ0) is 13.0. The minimum Gasteiger partial charge on any atom is -0.495 e. The van der Waals surface area contributed by atoms with Gasteiger partial charge >= 0.3 is 0 Å². The van der Waals surface area contributed by atoms with Gasteiger partial charge in [0.15, 0.2) is 0 Å². The molecule has 0 fully saturated rings. The Balaban J connectivity index is 3.01. The molecular formula is C12H15Br2NO2. The molecule has 5 heteroatoms. The molecule has 0 bridgehead atoms. The highest BCUT2D eigenvalue weighted by Gasteiger charge is 2.16. The van der Waals surface area contributed by atoms with Gasteiger partial charge in [-0.2, -0.15) is 0 Å². The van der Waals surface area contributed by atoms with Crippen LogP contribution in [0.25, 0.3) is 0 Å². The summed E-state index contributed by atoms with van der Waals surface area (Å²) in [6.07, 6.45) is 0.740. The average molecular weight is 365 g/mol. The molecule has 0 saturated carbocycles. The Bertz CT molecular complexity index is 421. The van der Waals surface area contributed by atoms with Gasteiger partial charge in [0.1, 0.15) is 5.75 Å². The van der Waals surface area contributed by atoms with Crippen LogP contribution >= 0.6 is 31.9 Å². The number of anilines is 1. The van der Waals surface area contributed by atoms with Crippen molar-refractivity contribution < 1.29 is 9.53 Å². The monoisotopic (exact) mass is 363 g/mol. The molecular weight excluding hydrogens is 350 g/mol. The van der Waals surface area contributed by atoms with Gasteiger partial charge in [0, 0.05) is 4.47 Å². The molecule has 1 aromatic rings. The number of amides is 1. The van der Waals surface area contributed by atoms with Gasteiger partial charge in [0.05, 0.1) is 17.6 Å². The highest BCUT2D eigenvalue weighted by Crippen LogP contribution is 2.32. The third kappa shape index (κ3) is 3.71. The Morgan fingerprint density at radius 2 is 2.18 bits per heavy atom. The molecule has 0 saturated heterocycles. The number of methoxy groups -OCH3 is 1. The van der Waals surface area contributed by atoms with Crippen molar-refractivity contribution in [3.8, 4) is 5.75 Å². The van der Waals surface area contributed by atoms with Crippen molar-refractivity contribution >= 4 is 43.5 Å². The molecule has 0 aliphatic rings. The Morgan fingerprint density at radius 1 is 1.53 bits per heavy atom. The standard InChI is InChI=1S/C12H15Br2NO2/c1-4-9(14)12(16)15-11-7(2)5-8(13)6-10(11)17-3/h5-6,9H,4H2,1-3H3,(H,15,16). The highest BCUT2D eigenvalue weighted by atomic mass is 79.9. The smallest absolute Gasteiger partial charge is 0.238 e. The quantitative estimate of drug-likeness (QED) is 0.823. The fraction of sp³-hybridized carbons (Fsp3) is 0.417. The van der Waals surface area contributed by atoms with Crippen LogP contribution in [0, 0.1) is 6.92 Å². The Hall–Kier alpha value is -0.550. The van der Waals surface area contributed by atoms with Crippen molar-refractivity contribution in [1.29, 1.82) is 0 Å². The Kier molecular flexibility index (Phi) is 5.46. The van der Waals surface area contributed by atoms with Crippen LogP contribution in [-0.4, -0.2) is 17.8 Å². The maximum Gasteiger partial charge on any atom is 0.238 e. The molecule has 0 spiro atoms. The van der Waals surface area contributed by atoms with Crippen LogP contribution in [0.3, 0.4) is 0 Å². The highest BCUT2D eigenvalue weighted by molar-refractivity contribution is 9.10. The summed E-state index contributed by atoms with van der Waals surface area (Å²) in [6, 6.07) is 3.77. The fourth-order valence-electron chi connectivity index (χ4n) is 1.42. The lowest BCUT2D eigenvalue weighted by atomic mass is 10.1. The zero-order valence-electron chi connectivity index (χ0n) is 10.0. The maximum absolute atomic E-state index is 11.8. The first-order chi connectivity index (χ1) is 7.99. The lowest BCUT2D eigenvalue weighted by Gasteiger charge is -2.15. The molecule has 1 atom stereocenters. The Labute approximate surface area is 118 Å². The number of hydrogen-bond acceptors (Lipinski definition) is 2. The van der Waals surface area contributed by atoms with Crippen LogP contribution in [0.1, 0.15) is 18.9 Å². The largest absolute Gasteiger partial charge is 0.495 e. The molecule has 0 heterocycles. The topological polar surface area (TPSA) is 38.3 Å². The molecule has 3 nitrogen and oxygen atoms in total. The Morgan fingerprint density at radius 3 is 2.71 bits per heavy atom. The van der Waals surface area contributed by atoms with Crippen LogP contribution in [0.15, 0.2) is 16.6 Å². The van der Waals surface area contributed by atoms with Crippen LogP contribution in [-0.2, 0) is 4.79 Å². The van der Waals surface area contributed by atoms with Crippen molar-refractivity contribution in [3.05, 3.63) is 22.2 Å². The molecule has 0 aliphatic carbocycles. The summed E-state index contributed by atoms with van der Waals surface area (Å²) in [7, 11) is 1.59. The lowest BCUT2D eigenvalue weighted by Crippen LogP contribution is -2.22. The second-order valence-corrected chi connectivity index (χ2v) is 5.69. The summed E-state index contributed by atoms with van der Waals surface area (Å²) >= 11 is 6.72. The SMILES string of the molecule is CCC(Br)C(=O)Nc1c(C)cc(Br)cc1OC. The molecule has 17 heavy (non-hydrogen) atoms. The van der Waals surface area contributed by atoms with Gasteiger partial charge in [-0.25, -0.2) is 0 Å². The number of rotatable bonds is 4. The number of alkyl halides is 1. The van der Waals surface area contributed by atoms with Crippen LogP contribution in [0.5, 0.6) is 5.75 Å². The van der Waals surface area contributed by atoms with Gasteiger partial charge in [0.2, 0.25) is 5.91 Å². The van der Waals surface area contributed by atoms with Crippen LogP contribution in [0.4, 0.5) is 5.69 Å². The zero-order valence-corrected chi connectivity index (χ0v) is 13.2. The summed E-state index contributed by atoms with van der Waals surface area (Å²) < 4.78 is 6.19. The summed E-state index contributed by atoms with van der Waals surface area (Å²) in [5.41, 5.74) is 1.68. The van der Waals surface area contributed by atoms with E-state index in [2.05, 4.69) is 37.2 Å².